The molecule has 0 atom stereocenters. The maximum atomic E-state index is 12.0. The molecule has 4 rings (SSSR count). The third-order valence-corrected chi connectivity index (χ3v) is 4.12. The Kier molecular flexibility index (Phi) is 3.69. The average Bonchev–Trinajstić information content (AvgIpc) is 3.09. The molecule has 5 heteroatoms. The number of carbonyl (C=O) groups is 1. The minimum atomic E-state index is -0.415. The van der Waals surface area contributed by atoms with Gasteiger partial charge in [-0.25, -0.2) is 14.8 Å². The quantitative estimate of drug-likeness (QED) is 0.532. The molecule has 0 unspecified atom stereocenters. The first-order valence-electron chi connectivity index (χ1n) is 8.19. The van der Waals surface area contributed by atoms with Crippen LogP contribution in [-0.2, 0) is 4.74 Å². The molecule has 0 aliphatic carbocycles. The van der Waals surface area contributed by atoms with Crippen molar-refractivity contribution < 1.29 is 9.53 Å². The van der Waals surface area contributed by atoms with Gasteiger partial charge in [0.1, 0.15) is 11.3 Å². The molecule has 0 bridgehead atoms. The van der Waals surface area contributed by atoms with Gasteiger partial charge in [0.15, 0.2) is 5.69 Å². The van der Waals surface area contributed by atoms with Crippen LogP contribution in [0.25, 0.3) is 27.9 Å². The number of nitrogens with zero attached hydrogens (tertiary/aromatic N) is 3. The number of hydrogen-bond acceptors (Lipinski definition) is 4. The zero-order valence-electron chi connectivity index (χ0n) is 14.1. The lowest BCUT2D eigenvalue weighted by molar-refractivity contribution is 0.0520. The molecule has 3 heterocycles. The summed E-state index contributed by atoms with van der Waals surface area (Å²) >= 11 is 0. The molecule has 0 N–H and O–H groups in total. The fraction of sp³-hybridized carbons (Fsp3) is 0.150. The van der Waals surface area contributed by atoms with Crippen LogP contribution in [0.5, 0.6) is 0 Å². The predicted octanol–water partition coefficient (Wildman–Crippen LogP) is 4.03. The van der Waals surface area contributed by atoms with Crippen LogP contribution in [-0.4, -0.2) is 26.9 Å². The van der Waals surface area contributed by atoms with Gasteiger partial charge in [0, 0.05) is 17.1 Å². The lowest BCUT2D eigenvalue weighted by atomic mass is 10.2. The molecule has 3 aromatic heterocycles. The highest BCUT2D eigenvalue weighted by Crippen LogP contribution is 2.25. The summed E-state index contributed by atoms with van der Waals surface area (Å²) in [7, 11) is 0. The number of pyridine rings is 2. The normalized spacial score (nSPS) is 11.1. The van der Waals surface area contributed by atoms with Crippen LogP contribution in [0.3, 0.4) is 0 Å². The maximum absolute atomic E-state index is 12.0. The highest BCUT2D eigenvalue weighted by atomic mass is 16.5. The van der Waals surface area contributed by atoms with Crippen molar-refractivity contribution in [2.45, 2.75) is 13.8 Å². The number of aryl methyl sites for hydroxylation is 1. The minimum Gasteiger partial charge on any atom is -0.461 e. The summed E-state index contributed by atoms with van der Waals surface area (Å²) in [5, 5.41) is 0.954. The molecule has 4 aromatic rings. The van der Waals surface area contributed by atoms with Crippen LogP contribution >= 0.6 is 0 Å². The van der Waals surface area contributed by atoms with E-state index >= 15 is 0 Å². The van der Waals surface area contributed by atoms with Gasteiger partial charge >= 0.3 is 5.97 Å². The second-order valence-electron chi connectivity index (χ2n) is 5.84. The van der Waals surface area contributed by atoms with E-state index < -0.39 is 5.97 Å². The molecule has 0 saturated carbocycles. The number of hydrogen-bond donors (Lipinski definition) is 0. The topological polar surface area (TPSA) is 56.5 Å². The van der Waals surface area contributed by atoms with Gasteiger partial charge in [0.25, 0.3) is 0 Å². The Morgan fingerprint density at radius 2 is 1.88 bits per heavy atom. The van der Waals surface area contributed by atoms with Crippen molar-refractivity contribution in [2.75, 3.05) is 6.61 Å². The molecule has 0 amide bonds. The number of aromatic nitrogens is 3. The molecule has 1 aromatic carbocycles. The van der Waals surface area contributed by atoms with E-state index in [1.54, 1.807) is 13.0 Å². The van der Waals surface area contributed by atoms with Crippen LogP contribution in [0.15, 0.2) is 54.7 Å². The fourth-order valence-electron chi connectivity index (χ4n) is 2.95. The largest absolute Gasteiger partial charge is 0.461 e. The SMILES string of the molecule is CCOC(=O)c1ccc2cc(C)c3nc(-c4ccccc4)cn3c2n1. The van der Waals surface area contributed by atoms with Crippen molar-refractivity contribution in [1.82, 2.24) is 14.4 Å². The maximum Gasteiger partial charge on any atom is 0.356 e. The number of imidazole rings is 1. The van der Waals surface area contributed by atoms with E-state index in [0.29, 0.717) is 17.9 Å². The first kappa shape index (κ1) is 15.3. The monoisotopic (exact) mass is 331 g/mol. The highest BCUT2D eigenvalue weighted by Gasteiger charge is 2.14. The van der Waals surface area contributed by atoms with Crippen LogP contribution in [0.2, 0.25) is 0 Å². The van der Waals surface area contributed by atoms with E-state index in [9.17, 15) is 4.79 Å². The smallest absolute Gasteiger partial charge is 0.356 e. The number of fused-ring (bicyclic) bond motifs is 3. The third-order valence-electron chi connectivity index (χ3n) is 4.12. The summed E-state index contributed by atoms with van der Waals surface area (Å²) in [4.78, 5) is 21.3. The number of rotatable bonds is 3. The lowest BCUT2D eigenvalue weighted by Crippen LogP contribution is -2.08. The number of esters is 1. The van der Waals surface area contributed by atoms with Crippen molar-refractivity contribution in [3.8, 4) is 11.3 Å². The summed E-state index contributed by atoms with van der Waals surface area (Å²) < 4.78 is 7.00. The summed E-state index contributed by atoms with van der Waals surface area (Å²) in [6, 6.07) is 15.6. The predicted molar refractivity (Wildman–Crippen MR) is 96.6 cm³/mol. The van der Waals surface area contributed by atoms with Crippen molar-refractivity contribution in [3.05, 3.63) is 66.0 Å². The Balaban J connectivity index is 1.95. The van der Waals surface area contributed by atoms with Gasteiger partial charge in [-0.3, -0.25) is 4.40 Å². The van der Waals surface area contributed by atoms with Crippen molar-refractivity contribution >= 4 is 22.6 Å². The lowest BCUT2D eigenvalue weighted by Gasteiger charge is -2.06. The van der Waals surface area contributed by atoms with E-state index in [-0.39, 0.29) is 0 Å². The number of benzene rings is 1. The van der Waals surface area contributed by atoms with Gasteiger partial charge in [-0.05, 0) is 37.6 Å². The summed E-state index contributed by atoms with van der Waals surface area (Å²) in [6.07, 6.45) is 1.96. The van der Waals surface area contributed by atoms with Gasteiger partial charge < -0.3 is 4.74 Å². The summed E-state index contributed by atoms with van der Waals surface area (Å²) in [5.41, 5.74) is 4.80. The first-order chi connectivity index (χ1) is 12.2. The Morgan fingerprint density at radius 1 is 1.08 bits per heavy atom. The first-order valence-corrected chi connectivity index (χ1v) is 8.19. The van der Waals surface area contributed by atoms with Gasteiger partial charge in [-0.15, -0.1) is 0 Å². The van der Waals surface area contributed by atoms with Crippen LogP contribution in [0.1, 0.15) is 23.0 Å². The second-order valence-corrected chi connectivity index (χ2v) is 5.84. The van der Waals surface area contributed by atoms with Crippen LogP contribution in [0.4, 0.5) is 0 Å². The van der Waals surface area contributed by atoms with Crippen LogP contribution < -0.4 is 0 Å². The Bertz CT molecular complexity index is 1080. The Hall–Kier alpha value is -3.21. The molecule has 0 aliphatic rings. The van der Waals surface area contributed by atoms with Gasteiger partial charge in [-0.2, -0.15) is 0 Å². The molecule has 0 radical (unpaired) electrons. The average molecular weight is 331 g/mol. The van der Waals surface area contributed by atoms with Gasteiger partial charge in [-0.1, -0.05) is 30.3 Å². The summed E-state index contributed by atoms with van der Waals surface area (Å²) in [6.45, 7) is 4.13. The molecule has 5 nitrogen and oxygen atoms in total. The molecule has 0 spiro atoms. The van der Waals surface area contributed by atoms with E-state index in [1.807, 2.05) is 60.0 Å². The highest BCUT2D eigenvalue weighted by molar-refractivity contribution is 5.91. The Morgan fingerprint density at radius 3 is 2.64 bits per heavy atom. The second kappa shape index (κ2) is 6.02. The van der Waals surface area contributed by atoms with Crippen molar-refractivity contribution in [1.29, 1.82) is 0 Å². The van der Waals surface area contributed by atoms with E-state index in [1.165, 1.54) is 0 Å². The molecule has 25 heavy (non-hydrogen) atoms. The van der Waals surface area contributed by atoms with Crippen molar-refractivity contribution in [3.63, 3.8) is 0 Å². The van der Waals surface area contributed by atoms with Crippen molar-refractivity contribution in [2.24, 2.45) is 0 Å². The molecule has 124 valence electrons. The zero-order valence-corrected chi connectivity index (χ0v) is 14.1. The molecule has 0 saturated heterocycles. The third kappa shape index (κ3) is 2.63. The summed E-state index contributed by atoms with van der Waals surface area (Å²) in [5.74, 6) is -0.415. The Labute approximate surface area is 144 Å². The van der Waals surface area contributed by atoms with E-state index in [2.05, 4.69) is 4.98 Å². The number of ether oxygens (including phenoxy) is 1. The fourth-order valence-corrected chi connectivity index (χ4v) is 2.95. The van der Waals surface area contributed by atoms with E-state index in [0.717, 1.165) is 27.9 Å². The van der Waals surface area contributed by atoms with Gasteiger partial charge in [0.05, 0.1) is 12.3 Å². The van der Waals surface area contributed by atoms with Crippen LogP contribution in [0, 0.1) is 6.92 Å². The molecular formula is C20H17N3O2. The number of carbonyl (C=O) groups excluding carboxylic acids is 1. The van der Waals surface area contributed by atoms with Gasteiger partial charge in [0.2, 0.25) is 0 Å². The molecule has 0 fully saturated rings. The van der Waals surface area contributed by atoms with E-state index in [4.69, 9.17) is 9.72 Å². The standard InChI is InChI=1S/C20H17N3O2/c1-3-25-20(24)16-10-9-15-11-13(2)18-22-17(12-23(18)19(15)21-16)14-7-5-4-6-8-14/h4-12H,3H2,1-2H3. The minimum absolute atomic E-state index is 0.300. The molecule has 0 aliphatic heterocycles. The zero-order chi connectivity index (χ0) is 17.4. The molecular weight excluding hydrogens is 314 g/mol.